The van der Waals surface area contributed by atoms with Crippen molar-refractivity contribution in [1.29, 1.82) is 0 Å². The molecule has 0 aliphatic rings. The van der Waals surface area contributed by atoms with Gasteiger partial charge in [-0.05, 0) is 25.1 Å². The Labute approximate surface area is 133 Å². The lowest BCUT2D eigenvalue weighted by atomic mass is 10.1. The molecule has 3 N–H and O–H groups in total. The van der Waals surface area contributed by atoms with Gasteiger partial charge in [-0.3, -0.25) is 5.10 Å². The molecular formula is C14H11F3N6O. The fraction of sp³-hybridized carbons (Fsp3) is 0.143. The maximum atomic E-state index is 12.6. The van der Waals surface area contributed by atoms with Crippen LogP contribution in [0.3, 0.4) is 0 Å². The first-order valence-corrected chi connectivity index (χ1v) is 6.73. The normalized spacial score (nSPS) is 11.5. The number of phenolic OH excluding ortho intramolecular Hbond substituents is 1. The van der Waals surface area contributed by atoms with Crippen LogP contribution in [0.4, 0.5) is 24.9 Å². The fourth-order valence-electron chi connectivity index (χ4n) is 2.06. The number of hydrogen-bond donors (Lipinski definition) is 3. The molecule has 124 valence electrons. The van der Waals surface area contributed by atoms with Gasteiger partial charge in [0, 0.05) is 11.6 Å². The van der Waals surface area contributed by atoms with Gasteiger partial charge in [-0.15, -0.1) is 10.2 Å². The van der Waals surface area contributed by atoms with Crippen molar-refractivity contribution in [2.45, 2.75) is 13.1 Å². The molecule has 2 heterocycles. The summed E-state index contributed by atoms with van der Waals surface area (Å²) < 4.78 is 37.9. The number of phenols is 1. The molecule has 0 bridgehead atoms. The van der Waals surface area contributed by atoms with Crippen molar-refractivity contribution < 1.29 is 18.3 Å². The number of halogens is 3. The van der Waals surface area contributed by atoms with Crippen molar-refractivity contribution in [3.8, 4) is 17.0 Å². The minimum Gasteiger partial charge on any atom is -0.507 e. The lowest BCUT2D eigenvalue weighted by molar-refractivity contribution is -0.137. The van der Waals surface area contributed by atoms with E-state index in [4.69, 9.17) is 0 Å². The zero-order chi connectivity index (χ0) is 17.3. The highest BCUT2D eigenvalue weighted by Gasteiger charge is 2.31. The van der Waals surface area contributed by atoms with E-state index in [0.717, 1.165) is 12.1 Å². The number of anilines is 2. The lowest BCUT2D eigenvalue weighted by Crippen LogP contribution is -2.06. The smallest absolute Gasteiger partial charge is 0.416 e. The van der Waals surface area contributed by atoms with Crippen molar-refractivity contribution in [1.82, 2.24) is 25.4 Å². The van der Waals surface area contributed by atoms with Gasteiger partial charge in [0.05, 0.1) is 17.5 Å². The van der Waals surface area contributed by atoms with Crippen molar-refractivity contribution in [2.24, 2.45) is 0 Å². The fourth-order valence-corrected chi connectivity index (χ4v) is 2.06. The summed E-state index contributed by atoms with van der Waals surface area (Å²) in [6, 6.07) is 4.31. The Morgan fingerprint density at radius 3 is 2.54 bits per heavy atom. The number of rotatable bonds is 3. The van der Waals surface area contributed by atoms with Gasteiger partial charge in [0.2, 0.25) is 5.95 Å². The number of aromatic amines is 1. The van der Waals surface area contributed by atoms with E-state index in [2.05, 4.69) is 30.7 Å². The van der Waals surface area contributed by atoms with Crippen LogP contribution >= 0.6 is 0 Å². The molecule has 0 aliphatic carbocycles. The van der Waals surface area contributed by atoms with Crippen LogP contribution in [0.5, 0.6) is 5.75 Å². The molecule has 0 aliphatic heterocycles. The quantitative estimate of drug-likeness (QED) is 0.680. The second-order valence-corrected chi connectivity index (χ2v) is 4.89. The number of aromatic nitrogens is 5. The zero-order valence-corrected chi connectivity index (χ0v) is 12.3. The van der Waals surface area contributed by atoms with Crippen molar-refractivity contribution >= 4 is 11.8 Å². The number of H-pyrrole nitrogens is 1. The van der Waals surface area contributed by atoms with Crippen molar-refractivity contribution in [3.63, 3.8) is 0 Å². The van der Waals surface area contributed by atoms with Gasteiger partial charge in [-0.2, -0.15) is 18.3 Å². The second kappa shape index (κ2) is 5.80. The summed E-state index contributed by atoms with van der Waals surface area (Å²) in [5.74, 6) is 0.200. The average Bonchev–Trinajstić information content (AvgIpc) is 3.00. The summed E-state index contributed by atoms with van der Waals surface area (Å²) in [7, 11) is 0. The van der Waals surface area contributed by atoms with E-state index in [9.17, 15) is 18.3 Å². The molecule has 0 spiro atoms. The standard InChI is InChI=1S/C14H11F3N6O/c1-7-12(9-3-2-8(6-10(9)24)14(15,16)17)22-23-13(19-7)20-11-4-5-18-21-11/h2-6,24H,1H3,(H2,18,19,20,21,23). The zero-order valence-electron chi connectivity index (χ0n) is 12.3. The highest BCUT2D eigenvalue weighted by Crippen LogP contribution is 2.36. The van der Waals surface area contributed by atoms with E-state index >= 15 is 0 Å². The van der Waals surface area contributed by atoms with Gasteiger partial charge in [-0.1, -0.05) is 0 Å². The van der Waals surface area contributed by atoms with Crippen molar-refractivity contribution in [2.75, 3.05) is 5.32 Å². The molecule has 0 atom stereocenters. The molecular weight excluding hydrogens is 325 g/mol. The van der Waals surface area contributed by atoms with Crippen LogP contribution in [0.15, 0.2) is 30.5 Å². The van der Waals surface area contributed by atoms with Gasteiger partial charge >= 0.3 is 6.18 Å². The van der Waals surface area contributed by atoms with Gasteiger partial charge in [0.15, 0.2) is 0 Å². The maximum Gasteiger partial charge on any atom is 0.416 e. The Morgan fingerprint density at radius 1 is 1.17 bits per heavy atom. The summed E-state index contributed by atoms with van der Waals surface area (Å²) >= 11 is 0. The van der Waals surface area contributed by atoms with E-state index < -0.39 is 17.5 Å². The third kappa shape index (κ3) is 3.12. The van der Waals surface area contributed by atoms with Gasteiger partial charge in [0.25, 0.3) is 0 Å². The molecule has 2 aromatic heterocycles. The van der Waals surface area contributed by atoms with Crippen LogP contribution in [-0.2, 0) is 6.18 Å². The molecule has 0 fully saturated rings. The lowest BCUT2D eigenvalue weighted by Gasteiger charge is -2.11. The molecule has 24 heavy (non-hydrogen) atoms. The predicted octanol–water partition coefficient (Wildman–Crippen LogP) is 3.04. The number of benzene rings is 1. The Morgan fingerprint density at radius 2 is 1.96 bits per heavy atom. The summed E-state index contributed by atoms with van der Waals surface area (Å²) in [4.78, 5) is 4.17. The summed E-state index contributed by atoms with van der Waals surface area (Å²) in [5, 5.41) is 26.9. The van der Waals surface area contributed by atoms with Crippen LogP contribution in [0.1, 0.15) is 11.3 Å². The molecule has 0 amide bonds. The first-order valence-electron chi connectivity index (χ1n) is 6.73. The molecule has 1 aromatic carbocycles. The Hall–Kier alpha value is -3.17. The summed E-state index contributed by atoms with van der Waals surface area (Å²) in [5.41, 5.74) is -0.244. The monoisotopic (exact) mass is 336 g/mol. The molecule has 3 rings (SSSR count). The molecule has 0 unspecified atom stereocenters. The second-order valence-electron chi connectivity index (χ2n) is 4.89. The first kappa shape index (κ1) is 15.7. The topological polar surface area (TPSA) is 99.6 Å². The van der Waals surface area contributed by atoms with E-state index in [-0.39, 0.29) is 17.2 Å². The number of nitrogens with one attached hydrogen (secondary N) is 2. The van der Waals surface area contributed by atoms with Crippen LogP contribution < -0.4 is 5.32 Å². The van der Waals surface area contributed by atoms with E-state index in [1.165, 1.54) is 6.20 Å². The van der Waals surface area contributed by atoms with Crippen LogP contribution in [-0.4, -0.2) is 30.5 Å². The Bertz CT molecular complexity index is 863. The van der Waals surface area contributed by atoms with Crippen LogP contribution in [0, 0.1) is 6.92 Å². The number of aromatic hydroxyl groups is 1. The third-order valence-electron chi connectivity index (χ3n) is 3.19. The minimum absolute atomic E-state index is 0.119. The molecule has 0 saturated carbocycles. The minimum atomic E-state index is -4.53. The van der Waals surface area contributed by atoms with Crippen molar-refractivity contribution in [3.05, 3.63) is 41.7 Å². The number of hydrogen-bond acceptors (Lipinski definition) is 6. The number of alkyl halides is 3. The van der Waals surface area contributed by atoms with E-state index in [1.807, 2.05) is 0 Å². The predicted molar refractivity (Wildman–Crippen MR) is 78.5 cm³/mol. The molecule has 7 nitrogen and oxygen atoms in total. The average molecular weight is 336 g/mol. The first-order chi connectivity index (χ1) is 11.3. The SMILES string of the molecule is Cc1nc(Nc2ccn[nH]2)nnc1-c1ccc(C(F)(F)F)cc1O. The number of nitrogens with zero attached hydrogens (tertiary/aromatic N) is 4. The molecule has 0 radical (unpaired) electrons. The summed E-state index contributed by atoms with van der Waals surface area (Å²) in [6.45, 7) is 1.61. The van der Waals surface area contributed by atoms with Gasteiger partial charge in [-0.25, -0.2) is 4.98 Å². The molecule has 0 saturated heterocycles. The molecule has 3 aromatic rings. The Kier molecular flexibility index (Phi) is 3.80. The molecule has 10 heteroatoms. The maximum absolute atomic E-state index is 12.6. The highest BCUT2D eigenvalue weighted by atomic mass is 19.4. The largest absolute Gasteiger partial charge is 0.507 e. The number of aryl methyl sites for hydroxylation is 1. The van der Waals surface area contributed by atoms with Gasteiger partial charge < -0.3 is 10.4 Å². The van der Waals surface area contributed by atoms with Gasteiger partial charge in [0.1, 0.15) is 17.3 Å². The van der Waals surface area contributed by atoms with E-state index in [0.29, 0.717) is 17.6 Å². The van der Waals surface area contributed by atoms with E-state index in [1.54, 1.807) is 13.0 Å². The highest BCUT2D eigenvalue weighted by molar-refractivity contribution is 5.69. The van der Waals surface area contributed by atoms with Crippen LogP contribution in [0.2, 0.25) is 0 Å². The Balaban J connectivity index is 1.92. The summed E-state index contributed by atoms with van der Waals surface area (Å²) in [6.07, 6.45) is -3.00. The third-order valence-corrected chi connectivity index (χ3v) is 3.19. The van der Waals surface area contributed by atoms with Crippen LogP contribution in [0.25, 0.3) is 11.3 Å².